The Bertz CT molecular complexity index is 336. The average molecular weight is 370 g/mol. The molecule has 2 atom stereocenters. The normalized spacial score (nSPS) is 27.3. The van der Waals surface area contributed by atoms with Crippen LogP contribution in [0.1, 0.15) is 26.2 Å². The molecule has 2 rings (SSSR count). The summed E-state index contributed by atoms with van der Waals surface area (Å²) >= 11 is -1.83. The van der Waals surface area contributed by atoms with Gasteiger partial charge in [-0.05, 0) is 0 Å². The molecule has 0 spiro atoms. The average Bonchev–Trinajstić information content (AvgIpc) is 2.79. The first-order valence-electron chi connectivity index (χ1n) is 7.32. The second kappa shape index (κ2) is 7.70. The fourth-order valence-corrected chi connectivity index (χ4v) is 9.94. The molecule has 19 heavy (non-hydrogen) atoms. The van der Waals surface area contributed by atoms with Gasteiger partial charge in [0, 0.05) is 0 Å². The molecule has 1 fully saturated rings. The van der Waals surface area contributed by atoms with Crippen LogP contribution in [0.5, 0.6) is 0 Å². The summed E-state index contributed by atoms with van der Waals surface area (Å²) in [5.41, 5.74) is 0. The van der Waals surface area contributed by atoms with Crippen molar-refractivity contribution in [2.24, 2.45) is 5.92 Å². The minimum absolute atomic E-state index is 0.0284. The topological polar surface area (TPSA) is 44.8 Å². The van der Waals surface area contributed by atoms with Gasteiger partial charge in [0.25, 0.3) is 0 Å². The Morgan fingerprint density at radius 3 is 3.05 bits per heavy atom. The van der Waals surface area contributed by atoms with Gasteiger partial charge in [0.05, 0.1) is 0 Å². The summed E-state index contributed by atoms with van der Waals surface area (Å²) in [7, 11) is 0. The van der Waals surface area contributed by atoms with Crippen molar-refractivity contribution < 1.29 is 19.0 Å². The molecule has 0 aromatic heterocycles. The van der Waals surface area contributed by atoms with Crippen LogP contribution in [-0.4, -0.2) is 53.5 Å². The van der Waals surface area contributed by atoms with Crippen molar-refractivity contribution in [2.75, 3.05) is 19.8 Å². The van der Waals surface area contributed by atoms with Gasteiger partial charge in [-0.25, -0.2) is 0 Å². The van der Waals surface area contributed by atoms with E-state index >= 15 is 0 Å². The first-order chi connectivity index (χ1) is 9.20. The molecule has 0 bridgehead atoms. The Morgan fingerprint density at radius 1 is 1.53 bits per heavy atom. The maximum atomic E-state index is 11.8. The third-order valence-corrected chi connectivity index (χ3v) is 11.7. The molecule has 0 radical (unpaired) electrons. The van der Waals surface area contributed by atoms with Crippen LogP contribution in [0.15, 0.2) is 9.41 Å². The van der Waals surface area contributed by atoms with E-state index in [4.69, 9.17) is 14.2 Å². The zero-order chi connectivity index (χ0) is 13.7. The molecule has 0 saturated carbocycles. The molecule has 2 unspecified atom stereocenters. The number of esters is 1. The SMILES string of the molecule is CCOC(=O)[C]1=CC(COC2CCCCO2)[CH2][In]1[CH3]. The van der Waals surface area contributed by atoms with Crippen molar-refractivity contribution in [2.45, 2.75) is 41.3 Å². The van der Waals surface area contributed by atoms with E-state index < -0.39 is 21.4 Å². The van der Waals surface area contributed by atoms with Crippen LogP contribution >= 0.6 is 0 Å². The van der Waals surface area contributed by atoms with Crippen molar-refractivity contribution in [3.05, 3.63) is 9.41 Å². The standard InChI is InChI=1S/C13H20O4.CH3.In/c1-3-15-12(14)8-7-11(2)10-17-13-6-4-5-9-16-13;;/h7,11,13H,2-6,9-10H2,1H3;1H3;. The molecule has 2 aliphatic rings. The molecular formula is C14H23InO4. The molecule has 2 heterocycles. The summed E-state index contributed by atoms with van der Waals surface area (Å²) in [6.07, 6.45) is 5.42. The zero-order valence-electron chi connectivity index (χ0n) is 11.9. The summed E-state index contributed by atoms with van der Waals surface area (Å²) < 4.78 is 21.0. The Balaban J connectivity index is 1.80. The summed E-state index contributed by atoms with van der Waals surface area (Å²) in [5, 5.41) is 0. The van der Waals surface area contributed by atoms with Crippen LogP contribution in [-0.2, 0) is 19.0 Å². The third kappa shape index (κ3) is 4.50. The number of carbonyl (C=O) groups is 1. The predicted octanol–water partition coefficient (Wildman–Crippen LogP) is 2.31. The van der Waals surface area contributed by atoms with Gasteiger partial charge < -0.3 is 0 Å². The maximum absolute atomic E-state index is 11.8. The van der Waals surface area contributed by atoms with E-state index in [1.807, 2.05) is 6.92 Å². The van der Waals surface area contributed by atoms with E-state index in [2.05, 4.69) is 10.8 Å². The van der Waals surface area contributed by atoms with Crippen molar-refractivity contribution in [3.63, 3.8) is 0 Å². The first-order valence-corrected chi connectivity index (χ1v) is 14.6. The molecule has 106 valence electrons. The number of hydrogen-bond donors (Lipinski definition) is 0. The number of carbonyl (C=O) groups excluding carboxylic acids is 1. The van der Waals surface area contributed by atoms with Crippen LogP contribution in [0.4, 0.5) is 0 Å². The quantitative estimate of drug-likeness (QED) is 0.697. The van der Waals surface area contributed by atoms with E-state index in [-0.39, 0.29) is 12.3 Å². The van der Waals surface area contributed by atoms with Crippen molar-refractivity contribution in [3.8, 4) is 0 Å². The van der Waals surface area contributed by atoms with E-state index in [1.165, 1.54) is 10.6 Å². The van der Waals surface area contributed by atoms with Gasteiger partial charge in [0.15, 0.2) is 0 Å². The van der Waals surface area contributed by atoms with E-state index in [9.17, 15) is 4.79 Å². The molecule has 5 heteroatoms. The minimum atomic E-state index is -1.83. The molecule has 1 saturated heterocycles. The third-order valence-electron chi connectivity index (χ3n) is 3.75. The second-order valence-electron chi connectivity index (χ2n) is 5.37. The zero-order valence-corrected chi connectivity index (χ0v) is 15.2. The summed E-state index contributed by atoms with van der Waals surface area (Å²) in [4.78, 5) is 11.8. The second-order valence-corrected chi connectivity index (χ2v) is 13.6. The van der Waals surface area contributed by atoms with Crippen molar-refractivity contribution in [1.29, 1.82) is 0 Å². The van der Waals surface area contributed by atoms with Gasteiger partial charge in [-0.2, -0.15) is 0 Å². The van der Waals surface area contributed by atoms with Gasteiger partial charge in [-0.3, -0.25) is 0 Å². The first kappa shape index (κ1) is 15.4. The summed E-state index contributed by atoms with van der Waals surface area (Å²) in [5.74, 6) is 0.318. The predicted molar refractivity (Wildman–Crippen MR) is 74.2 cm³/mol. The molecule has 0 N–H and O–H groups in total. The number of ether oxygens (including phenoxy) is 3. The van der Waals surface area contributed by atoms with Crippen LogP contribution < -0.4 is 0 Å². The summed E-state index contributed by atoms with van der Waals surface area (Å²) in [6.45, 7) is 3.82. The molecule has 4 nitrogen and oxygen atoms in total. The molecule has 0 aliphatic carbocycles. The molecule has 0 amide bonds. The van der Waals surface area contributed by atoms with E-state index in [0.29, 0.717) is 19.1 Å². The fourth-order valence-electron chi connectivity index (χ4n) is 2.74. The Hall–Kier alpha value is 0.000130. The number of rotatable bonds is 5. The van der Waals surface area contributed by atoms with Gasteiger partial charge in [0.2, 0.25) is 0 Å². The van der Waals surface area contributed by atoms with Crippen molar-refractivity contribution in [1.82, 2.24) is 0 Å². The van der Waals surface area contributed by atoms with Crippen molar-refractivity contribution >= 4 is 27.4 Å². The van der Waals surface area contributed by atoms with Crippen LogP contribution in [0.3, 0.4) is 0 Å². The Kier molecular flexibility index (Phi) is 6.23. The van der Waals surface area contributed by atoms with E-state index in [1.54, 1.807) is 0 Å². The van der Waals surface area contributed by atoms with Gasteiger partial charge in [0.1, 0.15) is 0 Å². The van der Waals surface area contributed by atoms with Gasteiger partial charge in [-0.15, -0.1) is 0 Å². The summed E-state index contributed by atoms with van der Waals surface area (Å²) in [6, 6.07) is 0. The Morgan fingerprint density at radius 2 is 2.37 bits per heavy atom. The molecule has 2 aliphatic heterocycles. The van der Waals surface area contributed by atoms with Crippen LogP contribution in [0.2, 0.25) is 8.86 Å². The monoisotopic (exact) mass is 370 g/mol. The van der Waals surface area contributed by atoms with E-state index in [0.717, 1.165) is 22.8 Å². The number of hydrogen-bond acceptors (Lipinski definition) is 4. The van der Waals surface area contributed by atoms with Crippen LogP contribution in [0, 0.1) is 5.92 Å². The Labute approximate surface area is 123 Å². The van der Waals surface area contributed by atoms with Crippen LogP contribution in [0.25, 0.3) is 0 Å². The molecule has 0 aromatic rings. The van der Waals surface area contributed by atoms with Gasteiger partial charge >= 0.3 is 123 Å². The fraction of sp³-hybridized carbons (Fsp3) is 0.786. The van der Waals surface area contributed by atoms with Gasteiger partial charge in [-0.1, -0.05) is 0 Å². The molecular weight excluding hydrogens is 347 g/mol. The molecule has 0 aromatic carbocycles.